The van der Waals surface area contributed by atoms with E-state index in [4.69, 9.17) is 4.74 Å². The lowest BCUT2D eigenvalue weighted by Gasteiger charge is -2.32. The molecule has 1 aromatic rings. The summed E-state index contributed by atoms with van der Waals surface area (Å²) in [6, 6.07) is 0. The highest BCUT2D eigenvalue weighted by Crippen LogP contribution is 2.12. The molecule has 2 aliphatic rings. The molecule has 118 valence electrons. The Morgan fingerprint density at radius 1 is 1.05 bits per heavy atom. The molecule has 2 amide bonds. The van der Waals surface area contributed by atoms with Gasteiger partial charge in [0.25, 0.3) is 5.91 Å². The van der Waals surface area contributed by atoms with Gasteiger partial charge in [-0.15, -0.1) is 0 Å². The Morgan fingerprint density at radius 2 is 1.68 bits per heavy atom. The molecular weight excluding hydrogens is 286 g/mol. The topological polar surface area (TPSA) is 78.9 Å². The Labute approximate surface area is 128 Å². The summed E-state index contributed by atoms with van der Waals surface area (Å²) in [5, 5.41) is 0. The number of carbonyl (C=O) groups excluding carboxylic acids is 2. The molecule has 0 aliphatic carbocycles. The second kappa shape index (κ2) is 6.69. The fourth-order valence-corrected chi connectivity index (χ4v) is 2.57. The van der Waals surface area contributed by atoms with Crippen LogP contribution in [-0.4, -0.2) is 84.6 Å². The van der Waals surface area contributed by atoms with Crippen molar-refractivity contribution in [3.63, 3.8) is 0 Å². The molecule has 3 heterocycles. The lowest BCUT2D eigenvalue weighted by Crippen LogP contribution is -2.46. The van der Waals surface area contributed by atoms with Gasteiger partial charge < -0.3 is 19.4 Å². The zero-order valence-corrected chi connectivity index (χ0v) is 12.3. The molecule has 8 nitrogen and oxygen atoms in total. The molecule has 0 unspecified atom stereocenters. The summed E-state index contributed by atoms with van der Waals surface area (Å²) in [6.07, 6.45) is 4.01. The maximum Gasteiger partial charge on any atom is 0.257 e. The van der Waals surface area contributed by atoms with Crippen LogP contribution in [0, 0.1) is 0 Å². The summed E-state index contributed by atoms with van der Waals surface area (Å²) in [5.41, 5.74) is 0.497. The minimum absolute atomic E-state index is 0.0550. The molecule has 0 bridgehead atoms. The molecule has 2 fully saturated rings. The zero-order chi connectivity index (χ0) is 15.4. The summed E-state index contributed by atoms with van der Waals surface area (Å²) in [6.45, 7) is 5.10. The summed E-state index contributed by atoms with van der Waals surface area (Å²) in [7, 11) is 0. The second-order valence-corrected chi connectivity index (χ2v) is 5.30. The van der Waals surface area contributed by atoms with E-state index in [1.165, 1.54) is 0 Å². The van der Waals surface area contributed by atoms with E-state index >= 15 is 0 Å². The van der Waals surface area contributed by atoms with Crippen LogP contribution in [0.15, 0.2) is 12.4 Å². The van der Waals surface area contributed by atoms with Crippen molar-refractivity contribution in [2.75, 3.05) is 57.4 Å². The first kappa shape index (κ1) is 14.7. The molecule has 0 N–H and O–H groups in total. The largest absolute Gasteiger partial charge is 0.378 e. The molecule has 1 aromatic heterocycles. The Kier molecular flexibility index (Phi) is 4.47. The summed E-state index contributed by atoms with van der Waals surface area (Å²) in [5.74, 6) is 0.546. The van der Waals surface area contributed by atoms with Crippen LogP contribution in [-0.2, 0) is 9.53 Å². The number of aromatic nitrogens is 2. The van der Waals surface area contributed by atoms with E-state index in [0.29, 0.717) is 64.0 Å². The molecule has 22 heavy (non-hydrogen) atoms. The molecular formula is C14H19N5O3. The molecule has 2 aliphatic heterocycles. The smallest absolute Gasteiger partial charge is 0.257 e. The summed E-state index contributed by atoms with van der Waals surface area (Å²) >= 11 is 0. The van der Waals surface area contributed by atoms with E-state index in [1.54, 1.807) is 22.2 Å². The Morgan fingerprint density at radius 3 is 2.27 bits per heavy atom. The van der Waals surface area contributed by atoms with Gasteiger partial charge in [0, 0.05) is 51.7 Å². The molecule has 2 saturated heterocycles. The lowest BCUT2D eigenvalue weighted by molar-refractivity contribution is -0.118. The molecule has 8 heteroatoms. The van der Waals surface area contributed by atoms with Gasteiger partial charge in [0.05, 0.1) is 18.8 Å². The average molecular weight is 305 g/mol. The number of carbonyl (C=O) groups is 2. The zero-order valence-electron chi connectivity index (χ0n) is 12.3. The highest BCUT2D eigenvalue weighted by molar-refractivity contribution is 5.93. The molecule has 0 aromatic carbocycles. The molecule has 0 radical (unpaired) electrons. The number of amides is 2. The van der Waals surface area contributed by atoms with Crippen molar-refractivity contribution in [2.45, 2.75) is 0 Å². The van der Waals surface area contributed by atoms with Gasteiger partial charge in [-0.1, -0.05) is 0 Å². The van der Waals surface area contributed by atoms with Gasteiger partial charge in [-0.2, -0.15) is 0 Å². The highest BCUT2D eigenvalue weighted by atomic mass is 16.5. The Hall–Kier alpha value is -2.22. The van der Waals surface area contributed by atoms with E-state index in [-0.39, 0.29) is 5.91 Å². The number of ether oxygens (including phenoxy) is 1. The first-order valence-corrected chi connectivity index (χ1v) is 7.41. The minimum Gasteiger partial charge on any atom is -0.378 e. The predicted molar refractivity (Wildman–Crippen MR) is 78.6 cm³/mol. The van der Waals surface area contributed by atoms with Crippen molar-refractivity contribution in [1.29, 1.82) is 0 Å². The standard InChI is InChI=1S/C14H19N5O3/c20-11-17-1-3-19(4-2-17)14-15-9-12(10-16-14)13(21)18-5-7-22-8-6-18/h9-11H,1-8H2. The van der Waals surface area contributed by atoms with Crippen LogP contribution in [0.25, 0.3) is 0 Å². The van der Waals surface area contributed by atoms with Crippen molar-refractivity contribution in [2.24, 2.45) is 0 Å². The first-order chi connectivity index (χ1) is 10.8. The third kappa shape index (κ3) is 3.16. The number of nitrogens with zero attached hydrogens (tertiary/aromatic N) is 5. The Balaban J connectivity index is 1.62. The number of piperazine rings is 1. The first-order valence-electron chi connectivity index (χ1n) is 7.41. The highest BCUT2D eigenvalue weighted by Gasteiger charge is 2.21. The van der Waals surface area contributed by atoms with Gasteiger partial charge in [0.1, 0.15) is 0 Å². The third-order valence-electron chi connectivity index (χ3n) is 3.93. The second-order valence-electron chi connectivity index (χ2n) is 5.30. The van der Waals surface area contributed by atoms with Crippen LogP contribution < -0.4 is 4.90 Å². The van der Waals surface area contributed by atoms with Crippen molar-refractivity contribution >= 4 is 18.3 Å². The number of hydrogen-bond donors (Lipinski definition) is 0. The fraction of sp³-hybridized carbons (Fsp3) is 0.571. The quantitative estimate of drug-likeness (QED) is 0.682. The van der Waals surface area contributed by atoms with Crippen LogP contribution in [0.3, 0.4) is 0 Å². The predicted octanol–water partition coefficient (Wildman–Crippen LogP) is -0.773. The van der Waals surface area contributed by atoms with E-state index in [1.807, 2.05) is 4.90 Å². The molecule has 0 atom stereocenters. The summed E-state index contributed by atoms with van der Waals surface area (Å²) < 4.78 is 5.24. The van der Waals surface area contributed by atoms with E-state index in [2.05, 4.69) is 9.97 Å². The third-order valence-corrected chi connectivity index (χ3v) is 3.93. The van der Waals surface area contributed by atoms with Crippen molar-refractivity contribution in [1.82, 2.24) is 19.8 Å². The van der Waals surface area contributed by atoms with Gasteiger partial charge >= 0.3 is 0 Å². The van der Waals surface area contributed by atoms with Gasteiger partial charge in [-0.25, -0.2) is 9.97 Å². The SMILES string of the molecule is O=CN1CCN(c2ncc(C(=O)N3CCOCC3)cn2)CC1. The number of rotatable bonds is 3. The number of morpholine rings is 1. The number of hydrogen-bond acceptors (Lipinski definition) is 6. The van der Waals surface area contributed by atoms with Gasteiger partial charge in [-0.05, 0) is 0 Å². The van der Waals surface area contributed by atoms with Crippen LogP contribution in [0.4, 0.5) is 5.95 Å². The van der Waals surface area contributed by atoms with E-state index < -0.39 is 0 Å². The van der Waals surface area contributed by atoms with Crippen molar-refractivity contribution in [3.05, 3.63) is 18.0 Å². The van der Waals surface area contributed by atoms with Crippen molar-refractivity contribution < 1.29 is 14.3 Å². The molecule has 0 saturated carbocycles. The van der Waals surface area contributed by atoms with Gasteiger partial charge in [0.15, 0.2) is 0 Å². The average Bonchev–Trinajstić information content (AvgIpc) is 2.62. The van der Waals surface area contributed by atoms with Crippen molar-refractivity contribution in [3.8, 4) is 0 Å². The van der Waals surface area contributed by atoms with Gasteiger partial charge in [0.2, 0.25) is 12.4 Å². The molecule has 3 rings (SSSR count). The lowest BCUT2D eigenvalue weighted by atomic mass is 10.2. The van der Waals surface area contributed by atoms with E-state index in [9.17, 15) is 9.59 Å². The number of anilines is 1. The Bertz CT molecular complexity index is 522. The van der Waals surface area contributed by atoms with Crippen LogP contribution in [0.5, 0.6) is 0 Å². The molecule has 0 spiro atoms. The van der Waals surface area contributed by atoms with Gasteiger partial charge in [-0.3, -0.25) is 9.59 Å². The fourth-order valence-electron chi connectivity index (χ4n) is 2.57. The van der Waals surface area contributed by atoms with Crippen LogP contribution in [0.1, 0.15) is 10.4 Å². The summed E-state index contributed by atoms with van der Waals surface area (Å²) in [4.78, 5) is 37.1. The maximum absolute atomic E-state index is 12.3. The monoisotopic (exact) mass is 305 g/mol. The minimum atomic E-state index is -0.0550. The van der Waals surface area contributed by atoms with Crippen LogP contribution in [0.2, 0.25) is 0 Å². The normalized spacial score (nSPS) is 19.2. The van der Waals surface area contributed by atoms with Crippen LogP contribution >= 0.6 is 0 Å². The maximum atomic E-state index is 12.3. The van der Waals surface area contributed by atoms with E-state index in [0.717, 1.165) is 6.41 Å².